The van der Waals surface area contributed by atoms with Crippen LogP contribution in [0, 0.1) is 10.1 Å². The van der Waals surface area contributed by atoms with Crippen molar-refractivity contribution in [1.29, 1.82) is 0 Å². The molecule has 7 nitrogen and oxygen atoms in total. The minimum absolute atomic E-state index is 0.130. The fourth-order valence-electron chi connectivity index (χ4n) is 2.33. The Bertz CT molecular complexity index is 989. The number of nitro benzene ring substituents is 1. The molecule has 9 heteroatoms. The Hall–Kier alpha value is -2.78. The smallest absolute Gasteiger partial charge is 0.311 e. The van der Waals surface area contributed by atoms with E-state index >= 15 is 0 Å². The number of hydrogen-bond acceptors (Lipinski definition) is 6. The van der Waals surface area contributed by atoms with Crippen molar-refractivity contribution >= 4 is 44.0 Å². The van der Waals surface area contributed by atoms with E-state index in [2.05, 4.69) is 26.2 Å². The standard InChI is InChI=1S/C18H14BrN3O4S/c1-2-26-16-8-5-12(9-15(16)22(24)25)17(23)21-18-20-14(10-27-18)11-3-6-13(19)7-4-11/h3-10H,2H2,1H3,(H,20,21,23). The van der Waals surface area contributed by atoms with E-state index in [0.717, 1.165) is 15.7 Å². The van der Waals surface area contributed by atoms with Gasteiger partial charge in [-0.25, -0.2) is 4.98 Å². The molecule has 1 N–H and O–H groups in total. The van der Waals surface area contributed by atoms with Gasteiger partial charge < -0.3 is 4.74 Å². The summed E-state index contributed by atoms with van der Waals surface area (Å²) in [6, 6.07) is 11.8. The molecule has 0 fully saturated rings. The van der Waals surface area contributed by atoms with Crippen LogP contribution in [0.4, 0.5) is 10.8 Å². The van der Waals surface area contributed by atoms with Gasteiger partial charge >= 0.3 is 5.69 Å². The lowest BCUT2D eigenvalue weighted by Crippen LogP contribution is -2.12. The summed E-state index contributed by atoms with van der Waals surface area (Å²) >= 11 is 4.66. The molecule has 0 saturated heterocycles. The molecule has 0 unspecified atom stereocenters. The minimum atomic E-state index is -0.573. The number of nitrogens with zero attached hydrogens (tertiary/aromatic N) is 2. The third-order valence-corrected chi connectivity index (χ3v) is 4.87. The van der Waals surface area contributed by atoms with Gasteiger partial charge in [-0.3, -0.25) is 20.2 Å². The second-order valence-corrected chi connectivity index (χ2v) is 7.15. The summed E-state index contributed by atoms with van der Waals surface area (Å²) in [5.74, 6) is -0.344. The molecule has 0 aliphatic rings. The Balaban J connectivity index is 1.78. The average Bonchev–Trinajstić information content (AvgIpc) is 3.11. The van der Waals surface area contributed by atoms with E-state index < -0.39 is 10.8 Å². The fourth-order valence-corrected chi connectivity index (χ4v) is 3.31. The number of benzene rings is 2. The van der Waals surface area contributed by atoms with Crippen LogP contribution in [0.15, 0.2) is 52.3 Å². The third-order valence-electron chi connectivity index (χ3n) is 3.58. The van der Waals surface area contributed by atoms with Crippen molar-refractivity contribution in [3.05, 3.63) is 68.0 Å². The summed E-state index contributed by atoms with van der Waals surface area (Å²) in [5, 5.41) is 16.1. The molecule has 27 heavy (non-hydrogen) atoms. The SMILES string of the molecule is CCOc1ccc(C(=O)Nc2nc(-c3ccc(Br)cc3)cs2)cc1[N+](=O)[O-]. The zero-order valence-electron chi connectivity index (χ0n) is 14.1. The largest absolute Gasteiger partial charge is 0.487 e. The van der Waals surface area contributed by atoms with Gasteiger partial charge in [0.25, 0.3) is 5.91 Å². The topological polar surface area (TPSA) is 94.4 Å². The van der Waals surface area contributed by atoms with Crippen LogP contribution in [0.1, 0.15) is 17.3 Å². The van der Waals surface area contributed by atoms with Gasteiger partial charge in [-0.1, -0.05) is 28.1 Å². The highest BCUT2D eigenvalue weighted by atomic mass is 79.9. The zero-order chi connectivity index (χ0) is 19.4. The first-order valence-corrected chi connectivity index (χ1v) is 9.59. The molecule has 1 amide bonds. The van der Waals surface area contributed by atoms with Crippen molar-refractivity contribution in [2.24, 2.45) is 0 Å². The molecule has 0 spiro atoms. The molecule has 2 aromatic carbocycles. The van der Waals surface area contributed by atoms with Gasteiger partial charge in [0.05, 0.1) is 17.2 Å². The van der Waals surface area contributed by atoms with Gasteiger partial charge in [0.2, 0.25) is 0 Å². The number of thiazole rings is 1. The number of ether oxygens (including phenoxy) is 1. The highest BCUT2D eigenvalue weighted by Crippen LogP contribution is 2.29. The normalized spacial score (nSPS) is 10.4. The summed E-state index contributed by atoms with van der Waals surface area (Å²) in [7, 11) is 0. The summed E-state index contributed by atoms with van der Waals surface area (Å²) in [6.45, 7) is 2.03. The molecule has 0 bridgehead atoms. The van der Waals surface area contributed by atoms with Crippen molar-refractivity contribution in [1.82, 2.24) is 4.98 Å². The number of carbonyl (C=O) groups excluding carboxylic acids is 1. The van der Waals surface area contributed by atoms with Crippen LogP contribution >= 0.6 is 27.3 Å². The molecule has 1 heterocycles. The van der Waals surface area contributed by atoms with E-state index in [1.165, 1.54) is 29.5 Å². The Labute approximate surface area is 167 Å². The number of carbonyl (C=O) groups is 1. The first-order chi connectivity index (χ1) is 13.0. The minimum Gasteiger partial charge on any atom is -0.487 e. The number of anilines is 1. The van der Waals surface area contributed by atoms with Crippen LogP contribution in [0.25, 0.3) is 11.3 Å². The molecule has 1 aromatic heterocycles. The van der Waals surface area contributed by atoms with Crippen LogP contribution < -0.4 is 10.1 Å². The predicted molar refractivity (Wildman–Crippen MR) is 107 cm³/mol. The third kappa shape index (κ3) is 4.50. The van der Waals surface area contributed by atoms with Gasteiger partial charge in [0.15, 0.2) is 10.9 Å². The molecular weight excluding hydrogens is 434 g/mol. The number of rotatable bonds is 6. The van der Waals surface area contributed by atoms with Crippen molar-refractivity contribution < 1.29 is 14.5 Å². The highest BCUT2D eigenvalue weighted by molar-refractivity contribution is 9.10. The molecule has 0 atom stereocenters. The van der Waals surface area contributed by atoms with E-state index in [0.29, 0.717) is 11.7 Å². The van der Waals surface area contributed by atoms with Gasteiger partial charge in [-0.05, 0) is 31.2 Å². The monoisotopic (exact) mass is 447 g/mol. The molecule has 0 aliphatic carbocycles. The van der Waals surface area contributed by atoms with Crippen molar-refractivity contribution in [3.8, 4) is 17.0 Å². The average molecular weight is 448 g/mol. The molecular formula is C18H14BrN3O4S. The Kier molecular flexibility index (Phi) is 5.82. The molecule has 3 aromatic rings. The first-order valence-electron chi connectivity index (χ1n) is 7.92. The first kappa shape index (κ1) is 19.0. The number of hydrogen-bond donors (Lipinski definition) is 1. The number of amides is 1. The zero-order valence-corrected chi connectivity index (χ0v) is 16.5. The lowest BCUT2D eigenvalue weighted by atomic mass is 10.1. The quantitative estimate of drug-likeness (QED) is 0.417. The summed E-state index contributed by atoms with van der Waals surface area (Å²) in [5.41, 5.74) is 1.57. The molecule has 0 aliphatic heterocycles. The summed E-state index contributed by atoms with van der Waals surface area (Å²) < 4.78 is 6.19. The Morgan fingerprint density at radius 3 is 2.70 bits per heavy atom. The maximum absolute atomic E-state index is 12.4. The molecule has 0 radical (unpaired) electrons. The predicted octanol–water partition coefficient (Wildman–Crippen LogP) is 5.13. The van der Waals surface area contributed by atoms with Crippen molar-refractivity contribution in [2.75, 3.05) is 11.9 Å². The molecule has 138 valence electrons. The van der Waals surface area contributed by atoms with Crippen molar-refractivity contribution in [2.45, 2.75) is 6.92 Å². The van der Waals surface area contributed by atoms with E-state index in [1.807, 2.05) is 29.6 Å². The van der Waals surface area contributed by atoms with E-state index in [-0.39, 0.29) is 17.0 Å². The summed E-state index contributed by atoms with van der Waals surface area (Å²) in [4.78, 5) is 27.4. The van der Waals surface area contributed by atoms with E-state index in [9.17, 15) is 14.9 Å². The van der Waals surface area contributed by atoms with Gasteiger partial charge in [0.1, 0.15) is 0 Å². The Morgan fingerprint density at radius 2 is 2.04 bits per heavy atom. The lowest BCUT2D eigenvalue weighted by Gasteiger charge is -2.06. The highest BCUT2D eigenvalue weighted by Gasteiger charge is 2.19. The lowest BCUT2D eigenvalue weighted by molar-refractivity contribution is -0.385. The van der Waals surface area contributed by atoms with Gasteiger partial charge in [0, 0.05) is 27.0 Å². The molecule has 0 saturated carbocycles. The maximum Gasteiger partial charge on any atom is 0.311 e. The second-order valence-electron chi connectivity index (χ2n) is 5.37. The van der Waals surface area contributed by atoms with E-state index in [4.69, 9.17) is 4.74 Å². The van der Waals surface area contributed by atoms with Crippen LogP contribution in [0.2, 0.25) is 0 Å². The number of halogens is 1. The van der Waals surface area contributed by atoms with Crippen LogP contribution in [-0.4, -0.2) is 22.4 Å². The fraction of sp³-hybridized carbons (Fsp3) is 0.111. The van der Waals surface area contributed by atoms with Crippen molar-refractivity contribution in [3.63, 3.8) is 0 Å². The number of nitro groups is 1. The van der Waals surface area contributed by atoms with Gasteiger partial charge in [-0.2, -0.15) is 0 Å². The number of aromatic nitrogens is 1. The van der Waals surface area contributed by atoms with Crippen LogP contribution in [0.5, 0.6) is 5.75 Å². The maximum atomic E-state index is 12.4. The Morgan fingerprint density at radius 1 is 1.30 bits per heavy atom. The summed E-state index contributed by atoms with van der Waals surface area (Å²) in [6.07, 6.45) is 0. The van der Waals surface area contributed by atoms with E-state index in [1.54, 1.807) is 6.92 Å². The van der Waals surface area contributed by atoms with Crippen LogP contribution in [-0.2, 0) is 0 Å². The van der Waals surface area contributed by atoms with Crippen LogP contribution in [0.3, 0.4) is 0 Å². The molecule has 3 rings (SSSR count). The number of nitrogens with one attached hydrogen (secondary N) is 1. The second kappa shape index (κ2) is 8.28. The van der Waals surface area contributed by atoms with Gasteiger partial charge in [-0.15, -0.1) is 11.3 Å².